The number of aliphatic carboxylic acids is 1. The number of unbranched alkanes of at least 4 members (excludes halogenated alkanes) is 1. The van der Waals surface area contributed by atoms with Crippen LogP contribution in [0.5, 0.6) is 5.75 Å². The zero-order chi connectivity index (χ0) is 57.2. The largest absolute Gasteiger partial charge is 0.508 e. The molecule has 1 aliphatic heterocycles. The molecule has 4 aromatic carbocycles. The topological polar surface area (TPSA) is 329 Å². The molecular weight excluding hydrogens is 1050 g/mol. The fourth-order valence-electron chi connectivity index (χ4n) is 8.99. The Morgan fingerprint density at radius 1 is 0.684 bits per heavy atom. The van der Waals surface area contributed by atoms with E-state index in [4.69, 9.17) is 11.5 Å². The highest BCUT2D eigenvalue weighted by atomic mass is 33.1. The second-order valence-corrected chi connectivity index (χ2v) is 23.5. The van der Waals surface area contributed by atoms with Crippen LogP contribution in [0.4, 0.5) is 0 Å². The molecule has 20 nitrogen and oxygen atoms in total. The lowest BCUT2D eigenvalue weighted by atomic mass is 9.98. The number of H-pyrrole nitrogens is 1. The van der Waals surface area contributed by atoms with E-state index in [2.05, 4.69) is 42.2 Å². The molecule has 1 saturated heterocycles. The van der Waals surface area contributed by atoms with E-state index in [1.165, 1.54) is 12.1 Å². The highest BCUT2D eigenvalue weighted by Gasteiger charge is 2.42. The second-order valence-electron chi connectivity index (χ2n) is 20.5. The van der Waals surface area contributed by atoms with Gasteiger partial charge in [-0.3, -0.25) is 33.6 Å². The number of aromatic nitrogens is 1. The van der Waals surface area contributed by atoms with Gasteiger partial charge in [0.05, 0.1) is 6.04 Å². The molecule has 0 bridgehead atoms. The van der Waals surface area contributed by atoms with Crippen molar-refractivity contribution in [2.75, 3.05) is 12.3 Å². The standard InChI is InChI=1S/C57H72N10O10S2/c1-33(2)47(56(76)77)66-54(74)46-32-78-79-57(3,4)48(67-49(69)40(59)27-34-15-7-5-8-16-34)55(75)64-44(28-35-17-9-6-10-18-35)51(71)63-45(30-37-31-60-41-20-12-11-19-39(37)41)53(73)61-42(21-13-14-26-58)50(70)62-43(52(72)65-46)29-36-22-24-38(68)25-23-36/h5-12,15-20,22-25,31,33,40,42-48,60,68H,13-14,21,26-30,32,58-59H2,1-4H3,(H,61,73)(H,62,70)(H,63,71)(H,64,75)(H,65,72)(H,66,74)(H,67,69)(H,76,77)/t40-,42-,43-,44-,45-,46-,47-,48+/m0/s1. The quantitative estimate of drug-likeness (QED) is 0.0444. The number of nitrogens with one attached hydrogen (secondary N) is 8. The maximum atomic E-state index is 15.1. The molecule has 79 heavy (non-hydrogen) atoms. The summed E-state index contributed by atoms with van der Waals surface area (Å²) in [6, 6.07) is 20.4. The van der Waals surface area contributed by atoms with Gasteiger partial charge in [0.1, 0.15) is 48.0 Å². The van der Waals surface area contributed by atoms with Gasteiger partial charge in [-0.05, 0) is 92.4 Å². The molecule has 6 rings (SSSR count). The number of hydrogen-bond donors (Lipinski definition) is 12. The number of phenolic OH excluding ortho intramolecular Hbond substituents is 1. The molecule has 1 aliphatic rings. The van der Waals surface area contributed by atoms with E-state index >= 15 is 9.59 Å². The van der Waals surface area contributed by atoms with Gasteiger partial charge < -0.3 is 63.9 Å². The van der Waals surface area contributed by atoms with Crippen molar-refractivity contribution in [1.29, 1.82) is 0 Å². The molecule has 7 amide bonds. The SMILES string of the molecule is CC(C)[C@H](NC(=O)[C@@H]1CSSC(C)(C)[C@H](NC(=O)[C@@H](N)Cc2ccccc2)C(=O)N[C@@H](Cc2ccccc2)C(=O)N[C@@H](Cc2c[nH]c3ccccc23)C(=O)N[C@@H](CCCCN)C(=O)N[C@@H](Cc2ccc(O)cc2)C(=O)N1)C(=O)O. The Morgan fingerprint density at radius 3 is 1.82 bits per heavy atom. The van der Waals surface area contributed by atoms with Crippen molar-refractivity contribution in [3.8, 4) is 5.75 Å². The third-order valence-corrected chi connectivity index (χ3v) is 16.8. The van der Waals surface area contributed by atoms with Gasteiger partial charge in [0.2, 0.25) is 41.4 Å². The molecule has 0 saturated carbocycles. The number of carboxylic acid groups (broad SMARTS) is 1. The van der Waals surface area contributed by atoms with Gasteiger partial charge in [0.25, 0.3) is 0 Å². The zero-order valence-electron chi connectivity index (χ0n) is 44.7. The van der Waals surface area contributed by atoms with Crippen LogP contribution in [0.25, 0.3) is 10.9 Å². The van der Waals surface area contributed by atoms with Gasteiger partial charge in [-0.15, -0.1) is 0 Å². The van der Waals surface area contributed by atoms with E-state index in [9.17, 15) is 39.0 Å². The summed E-state index contributed by atoms with van der Waals surface area (Å²) >= 11 is 0. The Morgan fingerprint density at radius 2 is 1.22 bits per heavy atom. The maximum Gasteiger partial charge on any atom is 0.326 e. The highest BCUT2D eigenvalue weighted by Crippen LogP contribution is 2.39. The van der Waals surface area contributed by atoms with Gasteiger partial charge in [-0.2, -0.15) is 0 Å². The van der Waals surface area contributed by atoms with Crippen LogP contribution >= 0.6 is 21.6 Å². The molecule has 1 aromatic heterocycles. The van der Waals surface area contributed by atoms with Gasteiger partial charge in [0.15, 0.2) is 0 Å². The zero-order valence-corrected chi connectivity index (χ0v) is 46.3. The summed E-state index contributed by atoms with van der Waals surface area (Å²) in [5.74, 6) is -7.69. The average Bonchev–Trinajstić information content (AvgIpc) is 3.85. The Hall–Kier alpha value is -7.40. The van der Waals surface area contributed by atoms with Crippen molar-refractivity contribution in [3.63, 3.8) is 0 Å². The number of aromatic amines is 1. The summed E-state index contributed by atoms with van der Waals surface area (Å²) in [5, 5.41) is 40.5. The van der Waals surface area contributed by atoms with Gasteiger partial charge in [0, 0.05) is 46.9 Å². The summed E-state index contributed by atoms with van der Waals surface area (Å²) in [4.78, 5) is 119. The lowest BCUT2D eigenvalue weighted by Gasteiger charge is -2.35. The number of rotatable bonds is 18. The smallest absolute Gasteiger partial charge is 0.326 e. The van der Waals surface area contributed by atoms with Crippen molar-refractivity contribution in [3.05, 3.63) is 138 Å². The first-order valence-corrected chi connectivity index (χ1v) is 28.6. The molecule has 2 heterocycles. The van der Waals surface area contributed by atoms with Crippen LogP contribution in [0.3, 0.4) is 0 Å². The lowest BCUT2D eigenvalue weighted by molar-refractivity contribution is -0.143. The van der Waals surface area contributed by atoms with E-state index in [0.717, 1.165) is 38.1 Å². The number of para-hydroxylation sites is 1. The van der Waals surface area contributed by atoms with Crippen molar-refractivity contribution in [2.45, 2.75) is 126 Å². The van der Waals surface area contributed by atoms with Crippen LogP contribution < -0.4 is 48.7 Å². The molecule has 1 fully saturated rings. The highest BCUT2D eigenvalue weighted by molar-refractivity contribution is 8.77. The minimum absolute atomic E-state index is 0.0470. The molecule has 0 spiro atoms. The number of hydrogen-bond acceptors (Lipinski definition) is 13. The van der Waals surface area contributed by atoms with E-state index in [0.29, 0.717) is 29.5 Å². The van der Waals surface area contributed by atoms with Crippen LogP contribution in [0, 0.1) is 5.92 Å². The Kier molecular flexibility index (Phi) is 22.3. The van der Waals surface area contributed by atoms with Crippen molar-refractivity contribution in [2.24, 2.45) is 17.4 Å². The van der Waals surface area contributed by atoms with Gasteiger partial charge >= 0.3 is 5.97 Å². The molecule has 0 unspecified atom stereocenters. The predicted octanol–water partition coefficient (Wildman–Crippen LogP) is 2.91. The summed E-state index contributed by atoms with van der Waals surface area (Å²) in [6.07, 6.45) is 2.39. The first-order chi connectivity index (χ1) is 37.7. The summed E-state index contributed by atoms with van der Waals surface area (Å²) in [7, 11) is 2.11. The number of carbonyl (C=O) groups excluding carboxylic acids is 7. The minimum atomic E-state index is -1.46. The second kappa shape index (κ2) is 29.0. The first kappa shape index (κ1) is 60.8. The summed E-state index contributed by atoms with van der Waals surface area (Å²) in [6.45, 7) is 6.81. The van der Waals surface area contributed by atoms with E-state index < -0.39 is 106 Å². The number of carbonyl (C=O) groups is 8. The number of benzene rings is 4. The number of aromatic hydroxyl groups is 1. The predicted molar refractivity (Wildman–Crippen MR) is 305 cm³/mol. The Labute approximate surface area is 467 Å². The van der Waals surface area contributed by atoms with Crippen LogP contribution in [-0.4, -0.2) is 128 Å². The van der Waals surface area contributed by atoms with Crippen molar-refractivity contribution >= 4 is 79.8 Å². The first-order valence-electron chi connectivity index (χ1n) is 26.2. The fourth-order valence-corrected chi connectivity index (χ4v) is 11.8. The number of nitrogens with two attached hydrogens (primary N) is 2. The normalized spacial score (nSPS) is 21.5. The van der Waals surface area contributed by atoms with E-state index in [1.807, 2.05) is 42.5 Å². The summed E-state index contributed by atoms with van der Waals surface area (Å²) in [5.41, 5.74) is 15.7. The lowest BCUT2D eigenvalue weighted by Crippen LogP contribution is -2.63. The van der Waals surface area contributed by atoms with Crippen LogP contribution in [0.15, 0.2) is 115 Å². The summed E-state index contributed by atoms with van der Waals surface area (Å²) < 4.78 is -1.30. The average molecular weight is 1120 g/mol. The van der Waals surface area contributed by atoms with E-state index in [-0.39, 0.29) is 50.2 Å². The molecule has 22 heteroatoms. The number of fused-ring (bicyclic) bond motifs is 1. The van der Waals surface area contributed by atoms with E-state index in [1.54, 1.807) is 88.5 Å². The van der Waals surface area contributed by atoms with Crippen LogP contribution in [0.1, 0.15) is 69.2 Å². The molecule has 14 N–H and O–H groups in total. The monoisotopic (exact) mass is 1120 g/mol. The molecule has 0 aliphatic carbocycles. The van der Waals surface area contributed by atoms with Gasteiger partial charge in [-0.25, -0.2) is 4.79 Å². The minimum Gasteiger partial charge on any atom is -0.508 e. The number of carboxylic acids is 1. The third-order valence-electron chi connectivity index (χ3n) is 13.5. The van der Waals surface area contributed by atoms with Gasteiger partial charge in [-0.1, -0.05) is 126 Å². The van der Waals surface area contributed by atoms with Crippen molar-refractivity contribution in [1.82, 2.24) is 42.2 Å². The Balaban J connectivity index is 1.46. The number of phenols is 1. The molecular formula is C57H72N10O10S2. The molecule has 8 atom stereocenters. The third kappa shape index (κ3) is 17.8. The Bertz CT molecular complexity index is 2890. The van der Waals surface area contributed by atoms with Crippen LogP contribution in [-0.2, 0) is 64.0 Å². The molecule has 0 radical (unpaired) electrons. The van der Waals surface area contributed by atoms with Crippen molar-refractivity contribution < 1.29 is 48.6 Å². The van der Waals surface area contributed by atoms with Crippen LogP contribution in [0.2, 0.25) is 0 Å². The fraction of sp³-hybridized carbons (Fsp3) is 0.404. The molecule has 5 aromatic rings. The maximum absolute atomic E-state index is 15.1. The number of amides is 7. The molecule has 422 valence electrons.